The molecule has 0 bridgehead atoms. The minimum absolute atomic E-state index is 0.393. The zero-order valence-corrected chi connectivity index (χ0v) is 8.23. The Balaban J connectivity index is 2.98. The van der Waals surface area contributed by atoms with Crippen molar-refractivity contribution >= 4 is 23.4 Å². The van der Waals surface area contributed by atoms with Crippen LogP contribution in [-0.2, 0) is 5.75 Å². The molecule has 13 heavy (non-hydrogen) atoms. The van der Waals surface area contributed by atoms with E-state index in [0.717, 1.165) is 11.3 Å². The van der Waals surface area contributed by atoms with Gasteiger partial charge in [0.1, 0.15) is 0 Å². The summed E-state index contributed by atoms with van der Waals surface area (Å²) in [6, 6.07) is 5.33. The van der Waals surface area contributed by atoms with Gasteiger partial charge in [0.25, 0.3) is 5.91 Å². The minimum atomic E-state index is -0.479. The number of carbonyl (C=O) groups is 1. The van der Waals surface area contributed by atoms with Crippen LogP contribution in [0.25, 0.3) is 0 Å². The molecular formula is C9H12N2OS. The molecule has 0 aliphatic heterocycles. The molecule has 1 aromatic carbocycles. The highest BCUT2D eigenvalue weighted by atomic mass is 32.2. The van der Waals surface area contributed by atoms with Crippen LogP contribution in [0.4, 0.5) is 5.69 Å². The first kappa shape index (κ1) is 9.92. The van der Waals surface area contributed by atoms with Crippen molar-refractivity contribution in [1.29, 1.82) is 0 Å². The fraction of sp³-hybridized carbons (Fsp3) is 0.222. The van der Waals surface area contributed by atoms with Gasteiger partial charge in [-0.2, -0.15) is 11.8 Å². The third kappa shape index (κ3) is 2.39. The maximum atomic E-state index is 10.8. The van der Waals surface area contributed by atoms with E-state index in [1.807, 2.05) is 12.3 Å². The summed E-state index contributed by atoms with van der Waals surface area (Å²) in [5.41, 5.74) is 12.7. The van der Waals surface area contributed by atoms with Gasteiger partial charge in [-0.1, -0.05) is 6.07 Å². The van der Waals surface area contributed by atoms with Crippen molar-refractivity contribution in [2.45, 2.75) is 5.75 Å². The summed E-state index contributed by atoms with van der Waals surface area (Å²) < 4.78 is 0. The Morgan fingerprint density at radius 3 is 2.69 bits per heavy atom. The van der Waals surface area contributed by atoms with Crippen molar-refractivity contribution in [3.05, 3.63) is 29.3 Å². The Bertz CT molecular complexity index is 325. The van der Waals surface area contributed by atoms with Crippen molar-refractivity contribution in [2.75, 3.05) is 12.0 Å². The molecule has 0 radical (unpaired) electrons. The van der Waals surface area contributed by atoms with E-state index in [2.05, 4.69) is 0 Å². The van der Waals surface area contributed by atoms with Crippen LogP contribution in [0.3, 0.4) is 0 Å². The second kappa shape index (κ2) is 4.18. The molecule has 1 amide bonds. The Morgan fingerprint density at radius 1 is 1.54 bits per heavy atom. The zero-order valence-electron chi connectivity index (χ0n) is 7.41. The van der Waals surface area contributed by atoms with Gasteiger partial charge in [-0.25, -0.2) is 0 Å². The highest BCUT2D eigenvalue weighted by molar-refractivity contribution is 7.97. The standard InChI is InChI=1S/C9H12N2OS/c1-13-5-6-2-3-7(9(11)12)8(10)4-6/h2-4H,5,10H2,1H3,(H2,11,12). The summed E-state index contributed by atoms with van der Waals surface area (Å²) >= 11 is 1.71. The lowest BCUT2D eigenvalue weighted by molar-refractivity contribution is 0.100. The normalized spacial score (nSPS) is 9.92. The molecule has 1 aromatic rings. The maximum absolute atomic E-state index is 10.8. The molecule has 0 atom stereocenters. The van der Waals surface area contributed by atoms with Gasteiger partial charge < -0.3 is 11.5 Å². The predicted octanol–water partition coefficient (Wildman–Crippen LogP) is 1.23. The lowest BCUT2D eigenvalue weighted by Gasteiger charge is -2.04. The third-order valence-corrected chi connectivity index (χ3v) is 2.31. The fourth-order valence-electron chi connectivity index (χ4n) is 1.09. The van der Waals surface area contributed by atoms with E-state index in [1.165, 1.54) is 0 Å². The molecule has 0 spiro atoms. The Morgan fingerprint density at radius 2 is 2.23 bits per heavy atom. The van der Waals surface area contributed by atoms with Crippen molar-refractivity contribution in [1.82, 2.24) is 0 Å². The Labute approximate surface area is 81.5 Å². The molecule has 4 N–H and O–H groups in total. The number of nitrogen functional groups attached to an aromatic ring is 1. The predicted molar refractivity (Wildman–Crippen MR) is 56.6 cm³/mol. The summed E-state index contributed by atoms with van der Waals surface area (Å²) in [5.74, 6) is 0.414. The monoisotopic (exact) mass is 196 g/mol. The van der Waals surface area contributed by atoms with Gasteiger partial charge in [-0.15, -0.1) is 0 Å². The number of anilines is 1. The quantitative estimate of drug-likeness (QED) is 0.714. The summed E-state index contributed by atoms with van der Waals surface area (Å²) in [7, 11) is 0. The fourth-order valence-corrected chi connectivity index (χ4v) is 1.61. The van der Waals surface area contributed by atoms with Crippen LogP contribution in [0.2, 0.25) is 0 Å². The summed E-state index contributed by atoms with van der Waals surface area (Å²) in [6.07, 6.45) is 2.01. The molecule has 0 aromatic heterocycles. The number of rotatable bonds is 3. The topological polar surface area (TPSA) is 69.1 Å². The van der Waals surface area contributed by atoms with Gasteiger partial charge in [0.15, 0.2) is 0 Å². The SMILES string of the molecule is CSCc1ccc(C(N)=O)c(N)c1. The van der Waals surface area contributed by atoms with E-state index in [0.29, 0.717) is 11.3 Å². The summed E-state index contributed by atoms with van der Waals surface area (Å²) in [4.78, 5) is 10.8. The van der Waals surface area contributed by atoms with E-state index in [-0.39, 0.29) is 0 Å². The van der Waals surface area contributed by atoms with Crippen LogP contribution >= 0.6 is 11.8 Å². The van der Waals surface area contributed by atoms with Crippen LogP contribution < -0.4 is 11.5 Å². The van der Waals surface area contributed by atoms with E-state index in [1.54, 1.807) is 23.9 Å². The molecule has 0 aliphatic rings. The first-order valence-corrected chi connectivity index (χ1v) is 5.21. The Hall–Kier alpha value is -1.16. The van der Waals surface area contributed by atoms with Crippen molar-refractivity contribution in [3.8, 4) is 0 Å². The second-order valence-electron chi connectivity index (χ2n) is 2.72. The zero-order chi connectivity index (χ0) is 9.84. The maximum Gasteiger partial charge on any atom is 0.250 e. The number of nitrogens with two attached hydrogens (primary N) is 2. The molecule has 70 valence electrons. The first-order valence-electron chi connectivity index (χ1n) is 3.82. The van der Waals surface area contributed by atoms with E-state index in [9.17, 15) is 4.79 Å². The van der Waals surface area contributed by atoms with Crippen LogP contribution in [0.1, 0.15) is 15.9 Å². The molecule has 3 nitrogen and oxygen atoms in total. The lowest BCUT2D eigenvalue weighted by Crippen LogP contribution is -2.13. The molecule has 0 saturated heterocycles. The molecular weight excluding hydrogens is 184 g/mol. The first-order chi connectivity index (χ1) is 6.15. The van der Waals surface area contributed by atoms with Crippen molar-refractivity contribution in [3.63, 3.8) is 0 Å². The number of benzene rings is 1. The van der Waals surface area contributed by atoms with E-state index < -0.39 is 5.91 Å². The second-order valence-corrected chi connectivity index (χ2v) is 3.58. The number of hydrogen-bond acceptors (Lipinski definition) is 3. The molecule has 0 saturated carbocycles. The van der Waals surface area contributed by atoms with E-state index in [4.69, 9.17) is 11.5 Å². The highest BCUT2D eigenvalue weighted by Gasteiger charge is 2.05. The van der Waals surface area contributed by atoms with Gasteiger partial charge in [-0.05, 0) is 24.0 Å². The number of hydrogen-bond donors (Lipinski definition) is 2. The number of primary amides is 1. The molecule has 0 heterocycles. The van der Waals surface area contributed by atoms with Gasteiger partial charge >= 0.3 is 0 Å². The van der Waals surface area contributed by atoms with Crippen LogP contribution in [0.5, 0.6) is 0 Å². The molecule has 1 rings (SSSR count). The van der Waals surface area contributed by atoms with Crippen LogP contribution in [0, 0.1) is 0 Å². The molecule has 0 fully saturated rings. The molecule has 0 aliphatic carbocycles. The number of carbonyl (C=O) groups excluding carboxylic acids is 1. The largest absolute Gasteiger partial charge is 0.398 e. The van der Waals surface area contributed by atoms with Crippen molar-refractivity contribution < 1.29 is 4.79 Å². The van der Waals surface area contributed by atoms with Gasteiger partial charge in [0.2, 0.25) is 0 Å². The Kier molecular flexibility index (Phi) is 3.19. The lowest BCUT2D eigenvalue weighted by atomic mass is 10.1. The van der Waals surface area contributed by atoms with Crippen molar-refractivity contribution in [2.24, 2.45) is 5.73 Å². The average molecular weight is 196 g/mol. The number of amides is 1. The number of thioether (sulfide) groups is 1. The minimum Gasteiger partial charge on any atom is -0.398 e. The summed E-state index contributed by atoms with van der Waals surface area (Å²) in [6.45, 7) is 0. The molecule has 4 heteroatoms. The van der Waals surface area contributed by atoms with Crippen LogP contribution in [0.15, 0.2) is 18.2 Å². The smallest absolute Gasteiger partial charge is 0.250 e. The summed E-state index contributed by atoms with van der Waals surface area (Å²) in [5, 5.41) is 0. The van der Waals surface area contributed by atoms with Gasteiger partial charge in [0.05, 0.1) is 5.56 Å². The van der Waals surface area contributed by atoms with Gasteiger partial charge in [0, 0.05) is 11.4 Å². The highest BCUT2D eigenvalue weighted by Crippen LogP contribution is 2.16. The third-order valence-electron chi connectivity index (χ3n) is 1.69. The van der Waals surface area contributed by atoms with E-state index >= 15 is 0 Å². The molecule has 0 unspecified atom stereocenters. The average Bonchev–Trinajstić information content (AvgIpc) is 2.04. The van der Waals surface area contributed by atoms with Crippen LogP contribution in [-0.4, -0.2) is 12.2 Å². The van der Waals surface area contributed by atoms with Gasteiger partial charge in [-0.3, -0.25) is 4.79 Å².